The van der Waals surface area contributed by atoms with Gasteiger partial charge in [0.25, 0.3) is 0 Å². The number of anilines is 1. The van der Waals surface area contributed by atoms with Gasteiger partial charge in [0.05, 0.1) is 11.9 Å². The molecule has 1 N–H and O–H groups in total. The second kappa shape index (κ2) is 6.26. The summed E-state index contributed by atoms with van der Waals surface area (Å²) in [6.07, 6.45) is 4.49. The van der Waals surface area contributed by atoms with Gasteiger partial charge in [0.1, 0.15) is 5.15 Å². The summed E-state index contributed by atoms with van der Waals surface area (Å²) in [5.74, 6) is 2.98. The van der Waals surface area contributed by atoms with E-state index in [1.807, 2.05) is 11.8 Å². The molecule has 0 spiro atoms. The number of carbonyl (C=O) groups excluding carboxylic acids is 1. The molecule has 1 aromatic heterocycles. The Morgan fingerprint density at radius 3 is 2.88 bits per heavy atom. The zero-order chi connectivity index (χ0) is 12.1. The summed E-state index contributed by atoms with van der Waals surface area (Å²) in [5, 5.41) is 3.29. The number of nitrogens with one attached hydrogen (secondary N) is 1. The number of hydrogen-bond donors (Lipinski definition) is 1. The third kappa shape index (κ3) is 4.21. The van der Waals surface area contributed by atoms with Crippen molar-refractivity contribution in [1.82, 2.24) is 4.98 Å². The van der Waals surface area contributed by atoms with Gasteiger partial charge in [-0.1, -0.05) is 11.6 Å². The van der Waals surface area contributed by atoms with Gasteiger partial charge >= 0.3 is 0 Å². The molecular weight excluding hydrogens is 256 g/mol. The van der Waals surface area contributed by atoms with Crippen molar-refractivity contribution in [2.75, 3.05) is 16.8 Å². The lowest BCUT2D eigenvalue weighted by Crippen LogP contribution is -2.19. The zero-order valence-electron chi connectivity index (χ0n) is 9.49. The number of aromatic nitrogens is 1. The van der Waals surface area contributed by atoms with Crippen LogP contribution in [0.2, 0.25) is 5.15 Å². The Bertz CT molecular complexity index is 377. The summed E-state index contributed by atoms with van der Waals surface area (Å²) in [6.45, 7) is 0. The smallest absolute Gasteiger partial charge is 0.224 e. The third-order valence-corrected chi connectivity index (χ3v) is 4.10. The summed E-state index contributed by atoms with van der Waals surface area (Å²) in [4.78, 5) is 15.7. The molecule has 3 nitrogen and oxygen atoms in total. The highest BCUT2D eigenvalue weighted by Gasteiger charge is 2.17. The average Bonchev–Trinajstić information content (AvgIpc) is 2.33. The van der Waals surface area contributed by atoms with Crippen molar-refractivity contribution in [2.45, 2.75) is 19.3 Å². The van der Waals surface area contributed by atoms with Gasteiger partial charge in [-0.05, 0) is 42.4 Å². The molecule has 2 heterocycles. The molecule has 1 aliphatic heterocycles. The van der Waals surface area contributed by atoms with Crippen LogP contribution in [-0.2, 0) is 4.79 Å². The Balaban J connectivity index is 1.82. The maximum Gasteiger partial charge on any atom is 0.224 e. The van der Waals surface area contributed by atoms with E-state index in [-0.39, 0.29) is 5.91 Å². The van der Waals surface area contributed by atoms with Gasteiger partial charge in [0.15, 0.2) is 0 Å². The van der Waals surface area contributed by atoms with Crippen molar-refractivity contribution >= 4 is 35.0 Å². The lowest BCUT2D eigenvalue weighted by molar-refractivity contribution is -0.117. The number of pyridine rings is 1. The van der Waals surface area contributed by atoms with E-state index in [9.17, 15) is 4.79 Å². The first kappa shape index (κ1) is 12.7. The van der Waals surface area contributed by atoms with E-state index in [2.05, 4.69) is 10.3 Å². The van der Waals surface area contributed by atoms with Crippen LogP contribution < -0.4 is 5.32 Å². The van der Waals surface area contributed by atoms with Crippen LogP contribution in [0.4, 0.5) is 5.69 Å². The Kier molecular flexibility index (Phi) is 4.68. The molecule has 1 amide bonds. The van der Waals surface area contributed by atoms with Gasteiger partial charge in [-0.15, -0.1) is 0 Å². The van der Waals surface area contributed by atoms with Crippen LogP contribution in [0.25, 0.3) is 0 Å². The molecule has 0 aliphatic carbocycles. The molecule has 0 bridgehead atoms. The normalized spacial score (nSPS) is 16.8. The molecule has 1 fully saturated rings. The van der Waals surface area contributed by atoms with E-state index in [0.717, 1.165) is 12.8 Å². The van der Waals surface area contributed by atoms with E-state index in [4.69, 9.17) is 11.6 Å². The highest BCUT2D eigenvalue weighted by Crippen LogP contribution is 2.25. The van der Waals surface area contributed by atoms with E-state index >= 15 is 0 Å². The van der Waals surface area contributed by atoms with Crippen molar-refractivity contribution < 1.29 is 4.79 Å². The quantitative estimate of drug-likeness (QED) is 0.858. The minimum absolute atomic E-state index is 0.0750. The van der Waals surface area contributed by atoms with Crippen molar-refractivity contribution in [1.29, 1.82) is 0 Å². The van der Waals surface area contributed by atoms with Gasteiger partial charge in [0, 0.05) is 6.42 Å². The Morgan fingerprint density at radius 2 is 2.24 bits per heavy atom. The predicted molar refractivity (Wildman–Crippen MR) is 72.5 cm³/mol. The van der Waals surface area contributed by atoms with E-state index in [0.29, 0.717) is 23.2 Å². The van der Waals surface area contributed by atoms with Gasteiger partial charge < -0.3 is 5.32 Å². The number of amides is 1. The topological polar surface area (TPSA) is 42.0 Å². The number of nitrogens with zero attached hydrogens (tertiary/aromatic N) is 1. The van der Waals surface area contributed by atoms with Crippen LogP contribution in [0, 0.1) is 5.92 Å². The van der Waals surface area contributed by atoms with Gasteiger partial charge in [-0.25, -0.2) is 4.98 Å². The minimum atomic E-state index is 0.0750. The first-order valence-electron chi connectivity index (χ1n) is 5.73. The molecule has 17 heavy (non-hydrogen) atoms. The fourth-order valence-corrected chi connectivity index (χ4v) is 3.19. The lowest BCUT2D eigenvalue weighted by atomic mass is 9.98. The van der Waals surface area contributed by atoms with Crippen LogP contribution in [0.1, 0.15) is 19.3 Å². The molecule has 0 atom stereocenters. The molecule has 0 aromatic carbocycles. The van der Waals surface area contributed by atoms with Crippen LogP contribution in [0.3, 0.4) is 0 Å². The van der Waals surface area contributed by atoms with Crippen molar-refractivity contribution in [3.05, 3.63) is 23.5 Å². The molecule has 0 unspecified atom stereocenters. The minimum Gasteiger partial charge on any atom is -0.325 e. The molecule has 1 aromatic rings. The van der Waals surface area contributed by atoms with Crippen LogP contribution >= 0.6 is 23.4 Å². The second-order valence-electron chi connectivity index (χ2n) is 4.18. The van der Waals surface area contributed by atoms with E-state index < -0.39 is 0 Å². The molecule has 0 radical (unpaired) electrons. The molecule has 1 aliphatic rings. The predicted octanol–water partition coefficient (Wildman–Crippen LogP) is 3.21. The van der Waals surface area contributed by atoms with Crippen LogP contribution in [0.5, 0.6) is 0 Å². The molecule has 2 rings (SSSR count). The molecule has 5 heteroatoms. The summed E-state index contributed by atoms with van der Waals surface area (Å²) >= 11 is 7.65. The third-order valence-electron chi connectivity index (χ3n) is 2.83. The fraction of sp³-hybridized carbons (Fsp3) is 0.500. The Morgan fingerprint density at radius 1 is 1.47 bits per heavy atom. The fourth-order valence-electron chi connectivity index (χ4n) is 1.87. The number of carbonyl (C=O) groups is 1. The van der Waals surface area contributed by atoms with Gasteiger partial charge in [-0.2, -0.15) is 11.8 Å². The van der Waals surface area contributed by atoms with E-state index in [1.54, 1.807) is 18.3 Å². The Labute approximate surface area is 110 Å². The first-order valence-corrected chi connectivity index (χ1v) is 7.26. The lowest BCUT2D eigenvalue weighted by Gasteiger charge is -2.20. The number of hydrogen-bond acceptors (Lipinski definition) is 3. The second-order valence-corrected chi connectivity index (χ2v) is 5.79. The first-order chi connectivity index (χ1) is 8.24. The Hall–Kier alpha value is -0.740. The van der Waals surface area contributed by atoms with Gasteiger partial charge in [0.2, 0.25) is 5.91 Å². The van der Waals surface area contributed by atoms with Crippen molar-refractivity contribution in [3.63, 3.8) is 0 Å². The highest BCUT2D eigenvalue weighted by molar-refractivity contribution is 7.99. The maximum absolute atomic E-state index is 11.8. The SMILES string of the molecule is O=C(CC1CCSCC1)Nc1ccc(Cl)nc1. The monoisotopic (exact) mass is 270 g/mol. The standard InChI is InChI=1S/C12H15ClN2OS/c13-11-2-1-10(8-14-11)15-12(16)7-9-3-5-17-6-4-9/h1-2,8-9H,3-7H2,(H,15,16). The average molecular weight is 271 g/mol. The summed E-state index contributed by atoms with van der Waals surface area (Å²) < 4.78 is 0. The van der Waals surface area contributed by atoms with Crippen molar-refractivity contribution in [2.24, 2.45) is 5.92 Å². The highest BCUT2D eigenvalue weighted by atomic mass is 35.5. The molecule has 1 saturated heterocycles. The summed E-state index contributed by atoms with van der Waals surface area (Å²) in [6, 6.07) is 3.44. The summed E-state index contributed by atoms with van der Waals surface area (Å²) in [7, 11) is 0. The molecule has 92 valence electrons. The number of halogens is 1. The van der Waals surface area contributed by atoms with Crippen molar-refractivity contribution in [3.8, 4) is 0 Å². The largest absolute Gasteiger partial charge is 0.325 e. The van der Waals surface area contributed by atoms with E-state index in [1.165, 1.54) is 11.5 Å². The van der Waals surface area contributed by atoms with Crippen LogP contribution in [-0.4, -0.2) is 22.4 Å². The number of rotatable bonds is 3. The zero-order valence-corrected chi connectivity index (χ0v) is 11.1. The molecule has 0 saturated carbocycles. The molecular formula is C12H15ClN2OS. The number of thioether (sulfide) groups is 1. The van der Waals surface area contributed by atoms with Crippen LogP contribution in [0.15, 0.2) is 18.3 Å². The maximum atomic E-state index is 11.8. The van der Waals surface area contributed by atoms with Gasteiger partial charge in [-0.3, -0.25) is 4.79 Å². The summed E-state index contributed by atoms with van der Waals surface area (Å²) in [5.41, 5.74) is 0.713.